The molecule has 172 valence electrons. The first-order valence-electron chi connectivity index (χ1n) is 9.79. The number of halogens is 4. The van der Waals surface area contributed by atoms with Crippen LogP contribution in [0.1, 0.15) is 26.6 Å². The summed E-state index contributed by atoms with van der Waals surface area (Å²) in [4.78, 5) is 35.9. The molecule has 1 aliphatic rings. The van der Waals surface area contributed by atoms with Gasteiger partial charge in [-0.2, -0.15) is 13.2 Å². The molecule has 2 amide bonds. The molecule has 33 heavy (non-hydrogen) atoms. The van der Waals surface area contributed by atoms with Gasteiger partial charge >= 0.3 is 6.18 Å². The van der Waals surface area contributed by atoms with Crippen LogP contribution in [0.5, 0.6) is 0 Å². The van der Waals surface area contributed by atoms with Crippen molar-refractivity contribution in [3.63, 3.8) is 0 Å². The molecule has 2 aromatic heterocycles. The predicted octanol–water partition coefficient (Wildman–Crippen LogP) is 4.46. The molecule has 0 spiro atoms. The van der Waals surface area contributed by atoms with Gasteiger partial charge in [0.25, 0.3) is 5.91 Å². The molecule has 4 rings (SSSR count). The zero-order chi connectivity index (χ0) is 23.6. The number of hydrogen-bond donors (Lipinski definition) is 2. The first kappa shape index (κ1) is 23.1. The molecule has 2 N–H and O–H groups in total. The normalized spacial score (nSPS) is 13.9. The van der Waals surface area contributed by atoms with Gasteiger partial charge in [0.15, 0.2) is 5.13 Å². The van der Waals surface area contributed by atoms with E-state index >= 15 is 0 Å². The number of carbonyl (C=O) groups excluding carboxylic acids is 2. The molecule has 0 bridgehead atoms. The number of nitrogens with zero attached hydrogens (tertiary/aromatic N) is 3. The van der Waals surface area contributed by atoms with Gasteiger partial charge in [-0.05, 0) is 30.3 Å². The molecule has 0 unspecified atom stereocenters. The molecule has 0 atom stereocenters. The van der Waals surface area contributed by atoms with Crippen LogP contribution in [0.25, 0.3) is 0 Å². The smallest absolute Gasteiger partial charge is 0.324 e. The number of alkyl halides is 3. The molecule has 0 fully saturated rings. The fourth-order valence-electron chi connectivity index (χ4n) is 3.29. The van der Waals surface area contributed by atoms with E-state index in [0.29, 0.717) is 24.6 Å². The highest BCUT2D eigenvalue weighted by atomic mass is 35.5. The van der Waals surface area contributed by atoms with E-state index in [1.54, 1.807) is 18.2 Å². The Morgan fingerprint density at radius 2 is 2.00 bits per heavy atom. The fourth-order valence-corrected chi connectivity index (χ4v) is 4.50. The van der Waals surface area contributed by atoms with Crippen molar-refractivity contribution in [3.05, 3.63) is 69.4 Å². The number of aromatic nitrogens is 2. The maximum atomic E-state index is 12.9. The third-order valence-electron chi connectivity index (χ3n) is 4.86. The number of fused-ring (bicyclic) bond motifs is 1. The largest absolute Gasteiger partial charge is 0.416 e. The van der Waals surface area contributed by atoms with Crippen molar-refractivity contribution < 1.29 is 22.8 Å². The van der Waals surface area contributed by atoms with Crippen LogP contribution in [0.15, 0.2) is 42.6 Å². The van der Waals surface area contributed by atoms with E-state index in [-0.39, 0.29) is 28.9 Å². The number of rotatable bonds is 5. The van der Waals surface area contributed by atoms with E-state index < -0.39 is 17.6 Å². The molecule has 0 aliphatic carbocycles. The predicted molar refractivity (Wildman–Crippen MR) is 118 cm³/mol. The number of carbonyl (C=O) groups is 2. The second kappa shape index (κ2) is 9.46. The minimum Gasteiger partial charge on any atom is -0.324 e. The monoisotopic (exact) mass is 495 g/mol. The highest BCUT2D eigenvalue weighted by Crippen LogP contribution is 2.34. The first-order valence-corrected chi connectivity index (χ1v) is 11.0. The van der Waals surface area contributed by atoms with E-state index in [9.17, 15) is 22.8 Å². The second-order valence-electron chi connectivity index (χ2n) is 7.26. The Bertz CT molecular complexity index is 1190. The Labute approximate surface area is 195 Å². The van der Waals surface area contributed by atoms with Crippen LogP contribution in [-0.2, 0) is 23.9 Å². The minimum atomic E-state index is -4.54. The van der Waals surface area contributed by atoms with Crippen LogP contribution >= 0.6 is 22.9 Å². The highest BCUT2D eigenvalue weighted by Gasteiger charge is 2.31. The average Bonchev–Trinajstić information content (AvgIpc) is 3.16. The summed E-state index contributed by atoms with van der Waals surface area (Å²) in [7, 11) is 0. The van der Waals surface area contributed by atoms with Crippen LogP contribution in [0, 0.1) is 0 Å². The molecule has 3 aromatic rings. The lowest BCUT2D eigenvalue weighted by Gasteiger charge is -2.25. The van der Waals surface area contributed by atoms with Gasteiger partial charge in [0.1, 0.15) is 5.69 Å². The standard InChI is InChI=1S/C21H17ClF3N5O2S/c22-13-5-4-12(21(23,24)25)9-16(13)27-18(31)11-30-8-6-14-17(10-30)33-20(28-14)29-19(32)15-3-1-2-7-26-15/h1-5,7,9H,6,8,10-11H2,(H,27,31)(H,28,29,32). The molecule has 0 saturated carbocycles. The third-order valence-corrected chi connectivity index (χ3v) is 6.19. The van der Waals surface area contributed by atoms with Crippen LogP contribution in [-0.4, -0.2) is 39.8 Å². The van der Waals surface area contributed by atoms with Gasteiger partial charge in [-0.25, -0.2) is 4.98 Å². The summed E-state index contributed by atoms with van der Waals surface area (Å²) < 4.78 is 38.8. The maximum Gasteiger partial charge on any atom is 0.416 e. The second-order valence-corrected chi connectivity index (χ2v) is 8.75. The Kier molecular flexibility index (Phi) is 6.63. The van der Waals surface area contributed by atoms with E-state index in [1.165, 1.54) is 17.5 Å². The lowest BCUT2D eigenvalue weighted by atomic mass is 10.1. The zero-order valence-corrected chi connectivity index (χ0v) is 18.5. The summed E-state index contributed by atoms with van der Waals surface area (Å²) in [6, 6.07) is 7.80. The summed E-state index contributed by atoms with van der Waals surface area (Å²) >= 11 is 7.26. The number of anilines is 2. The number of hydrogen-bond acceptors (Lipinski definition) is 6. The minimum absolute atomic E-state index is 0.0213. The number of benzene rings is 1. The number of nitrogens with one attached hydrogen (secondary N) is 2. The molecule has 0 saturated heterocycles. The van der Waals surface area contributed by atoms with Gasteiger partial charge in [-0.3, -0.25) is 24.8 Å². The van der Waals surface area contributed by atoms with Crippen molar-refractivity contribution in [3.8, 4) is 0 Å². The van der Waals surface area contributed by atoms with E-state index in [1.807, 2.05) is 4.90 Å². The van der Waals surface area contributed by atoms with Crippen LogP contribution < -0.4 is 10.6 Å². The van der Waals surface area contributed by atoms with Gasteiger partial charge in [0.05, 0.1) is 28.5 Å². The van der Waals surface area contributed by atoms with Crippen LogP contribution in [0.3, 0.4) is 0 Å². The van der Waals surface area contributed by atoms with Crippen molar-refractivity contribution in [1.82, 2.24) is 14.9 Å². The summed E-state index contributed by atoms with van der Waals surface area (Å²) in [5.41, 5.74) is 0.132. The average molecular weight is 496 g/mol. The number of amides is 2. The van der Waals surface area contributed by atoms with Crippen molar-refractivity contribution in [2.24, 2.45) is 0 Å². The first-order chi connectivity index (χ1) is 15.7. The van der Waals surface area contributed by atoms with Gasteiger partial charge in [0, 0.05) is 30.6 Å². The molecule has 3 heterocycles. The van der Waals surface area contributed by atoms with E-state index in [2.05, 4.69) is 20.6 Å². The SMILES string of the molecule is O=C(CN1CCc2nc(NC(=O)c3ccccn3)sc2C1)Nc1cc(C(F)(F)F)ccc1Cl. The Hall–Kier alpha value is -3.02. The lowest BCUT2D eigenvalue weighted by Crippen LogP contribution is -2.36. The zero-order valence-electron chi connectivity index (χ0n) is 16.9. The van der Waals surface area contributed by atoms with Crippen molar-refractivity contribution >= 4 is 45.6 Å². The maximum absolute atomic E-state index is 12.9. The fraction of sp³-hybridized carbons (Fsp3) is 0.238. The van der Waals surface area contributed by atoms with E-state index in [4.69, 9.17) is 11.6 Å². The highest BCUT2D eigenvalue weighted by molar-refractivity contribution is 7.15. The Morgan fingerprint density at radius 3 is 2.73 bits per heavy atom. The quantitative estimate of drug-likeness (QED) is 0.546. The molecule has 7 nitrogen and oxygen atoms in total. The summed E-state index contributed by atoms with van der Waals surface area (Å²) in [6.45, 7) is 0.934. The molecule has 1 aliphatic heterocycles. The molecule has 0 radical (unpaired) electrons. The van der Waals surface area contributed by atoms with Gasteiger partial charge < -0.3 is 5.32 Å². The lowest BCUT2D eigenvalue weighted by molar-refractivity contribution is -0.137. The van der Waals surface area contributed by atoms with Crippen LogP contribution in [0.2, 0.25) is 5.02 Å². The van der Waals surface area contributed by atoms with E-state index in [0.717, 1.165) is 28.8 Å². The Balaban J connectivity index is 1.37. The van der Waals surface area contributed by atoms with Gasteiger partial charge in [-0.15, -0.1) is 11.3 Å². The van der Waals surface area contributed by atoms with Crippen molar-refractivity contribution in [2.75, 3.05) is 23.7 Å². The number of pyridine rings is 1. The topological polar surface area (TPSA) is 87.2 Å². The summed E-state index contributed by atoms with van der Waals surface area (Å²) in [5, 5.41) is 5.65. The molecular formula is C21H17ClF3N5O2S. The molecule has 12 heteroatoms. The molecular weight excluding hydrogens is 479 g/mol. The van der Waals surface area contributed by atoms with Crippen LogP contribution in [0.4, 0.5) is 24.0 Å². The van der Waals surface area contributed by atoms with Gasteiger partial charge in [-0.1, -0.05) is 17.7 Å². The summed E-state index contributed by atoms with van der Waals surface area (Å²) in [5.74, 6) is -0.844. The van der Waals surface area contributed by atoms with Gasteiger partial charge in [0.2, 0.25) is 5.91 Å². The summed E-state index contributed by atoms with van der Waals surface area (Å²) in [6.07, 6.45) is -2.44. The Morgan fingerprint density at radius 1 is 1.18 bits per heavy atom. The molecule has 1 aromatic carbocycles. The van der Waals surface area contributed by atoms with Crippen molar-refractivity contribution in [1.29, 1.82) is 0 Å². The van der Waals surface area contributed by atoms with Crippen molar-refractivity contribution in [2.45, 2.75) is 19.1 Å². The number of thiazole rings is 1. The third kappa shape index (κ3) is 5.67.